The van der Waals surface area contributed by atoms with Crippen LogP contribution in [0.2, 0.25) is 0 Å². The summed E-state index contributed by atoms with van der Waals surface area (Å²) >= 11 is 1.65. The molecule has 0 saturated carbocycles. The van der Waals surface area contributed by atoms with Gasteiger partial charge in [0.15, 0.2) is 0 Å². The van der Waals surface area contributed by atoms with Gasteiger partial charge in [-0.15, -0.1) is 0 Å². The lowest BCUT2D eigenvalue weighted by Crippen LogP contribution is -2.37. The predicted molar refractivity (Wildman–Crippen MR) is 66.5 cm³/mol. The lowest BCUT2D eigenvalue weighted by atomic mass is 10.1. The zero-order valence-electron chi connectivity index (χ0n) is 10.0. The van der Waals surface area contributed by atoms with Crippen molar-refractivity contribution in [1.29, 1.82) is 0 Å². The number of hydrogen-bond acceptors (Lipinski definition) is 4. The highest BCUT2D eigenvalue weighted by molar-refractivity contribution is 7.07. The number of carbonyl (C=O) groups excluding carboxylic acids is 1. The Balaban J connectivity index is 2.35. The van der Waals surface area contributed by atoms with Crippen LogP contribution in [0.3, 0.4) is 0 Å². The average Bonchev–Trinajstić information content (AvgIpc) is 2.63. The Morgan fingerprint density at radius 1 is 1.56 bits per heavy atom. The van der Waals surface area contributed by atoms with E-state index in [1.165, 1.54) is 5.56 Å². The third kappa shape index (κ3) is 4.77. The first-order chi connectivity index (χ1) is 7.38. The van der Waals surface area contributed by atoms with Crippen molar-refractivity contribution in [3.8, 4) is 0 Å². The van der Waals surface area contributed by atoms with Crippen LogP contribution >= 0.6 is 11.3 Å². The Morgan fingerprint density at radius 3 is 2.75 bits per heavy atom. The lowest BCUT2D eigenvalue weighted by Gasteiger charge is -2.22. The van der Waals surface area contributed by atoms with Gasteiger partial charge < -0.3 is 10.5 Å². The molecule has 0 saturated heterocycles. The highest BCUT2D eigenvalue weighted by Gasteiger charge is 2.21. The van der Waals surface area contributed by atoms with E-state index in [1.807, 2.05) is 32.2 Å². The van der Waals surface area contributed by atoms with Crippen LogP contribution in [0.4, 0.5) is 0 Å². The summed E-state index contributed by atoms with van der Waals surface area (Å²) in [5.41, 5.74) is 6.53. The molecule has 1 heterocycles. The normalized spacial score (nSPS) is 13.5. The summed E-state index contributed by atoms with van der Waals surface area (Å²) in [5.74, 6) is -0.317. The molecule has 1 aromatic rings. The molecule has 2 N–H and O–H groups in total. The topological polar surface area (TPSA) is 52.3 Å². The fourth-order valence-corrected chi connectivity index (χ4v) is 1.96. The first kappa shape index (κ1) is 13.2. The summed E-state index contributed by atoms with van der Waals surface area (Å²) in [6, 6.07) is 1.52. The highest BCUT2D eigenvalue weighted by Crippen LogP contribution is 2.12. The fraction of sp³-hybridized carbons (Fsp3) is 0.583. The van der Waals surface area contributed by atoms with Gasteiger partial charge in [-0.1, -0.05) is 0 Å². The Kier molecular flexibility index (Phi) is 4.50. The Hall–Kier alpha value is -0.870. The van der Waals surface area contributed by atoms with Gasteiger partial charge in [-0.25, -0.2) is 0 Å². The predicted octanol–water partition coefficient (Wildman–Crippen LogP) is 2.35. The van der Waals surface area contributed by atoms with E-state index < -0.39 is 11.6 Å². The number of aryl methyl sites for hydroxylation is 1. The molecule has 4 heteroatoms. The number of nitrogens with two attached hydrogens (primary N) is 1. The molecule has 0 radical (unpaired) electrons. The number of ether oxygens (including phenoxy) is 1. The van der Waals surface area contributed by atoms with Crippen LogP contribution in [0, 0.1) is 0 Å². The van der Waals surface area contributed by atoms with Gasteiger partial charge in [0.2, 0.25) is 0 Å². The molecule has 1 unspecified atom stereocenters. The maximum absolute atomic E-state index is 11.6. The van der Waals surface area contributed by atoms with Gasteiger partial charge in [-0.3, -0.25) is 4.79 Å². The molecular weight excluding hydrogens is 222 g/mol. The van der Waals surface area contributed by atoms with Crippen molar-refractivity contribution in [2.24, 2.45) is 5.73 Å². The van der Waals surface area contributed by atoms with Crippen molar-refractivity contribution in [2.45, 2.75) is 45.3 Å². The first-order valence-electron chi connectivity index (χ1n) is 5.38. The van der Waals surface area contributed by atoms with Crippen LogP contribution in [0.15, 0.2) is 16.8 Å². The molecule has 1 atom stereocenters. The third-order valence-electron chi connectivity index (χ3n) is 2.03. The molecule has 0 bridgehead atoms. The van der Waals surface area contributed by atoms with E-state index in [9.17, 15) is 4.79 Å². The second kappa shape index (κ2) is 5.46. The van der Waals surface area contributed by atoms with Crippen molar-refractivity contribution < 1.29 is 9.53 Å². The standard InChI is InChI=1S/C12H19NO2S/c1-12(2,3)15-11(14)10(13)5-4-9-6-7-16-8-9/h6-8,10H,4-5,13H2,1-3H3. The Labute approximate surface area is 101 Å². The van der Waals surface area contributed by atoms with E-state index in [-0.39, 0.29) is 5.97 Å². The van der Waals surface area contributed by atoms with Gasteiger partial charge >= 0.3 is 5.97 Å². The Bertz CT molecular complexity index is 327. The van der Waals surface area contributed by atoms with Gasteiger partial charge in [-0.2, -0.15) is 11.3 Å². The minimum Gasteiger partial charge on any atom is -0.459 e. The number of rotatable bonds is 4. The van der Waals surface area contributed by atoms with Crippen LogP contribution in [-0.2, 0) is 16.0 Å². The molecule has 0 aromatic carbocycles. The van der Waals surface area contributed by atoms with E-state index in [0.29, 0.717) is 6.42 Å². The second-order valence-corrected chi connectivity index (χ2v) is 5.59. The number of hydrogen-bond donors (Lipinski definition) is 1. The maximum atomic E-state index is 11.6. The van der Waals surface area contributed by atoms with E-state index in [2.05, 4.69) is 5.38 Å². The highest BCUT2D eigenvalue weighted by atomic mass is 32.1. The van der Waals surface area contributed by atoms with Gasteiger partial charge in [0, 0.05) is 0 Å². The monoisotopic (exact) mass is 241 g/mol. The number of esters is 1. The van der Waals surface area contributed by atoms with Crippen LogP contribution in [-0.4, -0.2) is 17.6 Å². The van der Waals surface area contributed by atoms with Crippen LogP contribution < -0.4 is 5.73 Å². The van der Waals surface area contributed by atoms with E-state index in [1.54, 1.807) is 11.3 Å². The molecule has 1 aromatic heterocycles. The van der Waals surface area contributed by atoms with Crippen molar-refractivity contribution in [2.75, 3.05) is 0 Å². The number of carbonyl (C=O) groups is 1. The van der Waals surface area contributed by atoms with E-state index >= 15 is 0 Å². The molecule has 0 aliphatic carbocycles. The van der Waals surface area contributed by atoms with Crippen molar-refractivity contribution in [3.05, 3.63) is 22.4 Å². The van der Waals surface area contributed by atoms with Gasteiger partial charge in [-0.05, 0) is 56.0 Å². The SMILES string of the molecule is CC(C)(C)OC(=O)C(N)CCc1ccsc1. The number of thiophene rings is 1. The van der Waals surface area contributed by atoms with Crippen molar-refractivity contribution >= 4 is 17.3 Å². The zero-order valence-corrected chi connectivity index (χ0v) is 10.8. The largest absolute Gasteiger partial charge is 0.459 e. The molecule has 0 aliphatic rings. The summed E-state index contributed by atoms with van der Waals surface area (Å²) in [6.45, 7) is 5.53. The molecule has 3 nitrogen and oxygen atoms in total. The molecule has 0 spiro atoms. The van der Waals surface area contributed by atoms with Crippen LogP contribution in [0.1, 0.15) is 32.8 Å². The smallest absolute Gasteiger partial charge is 0.323 e. The summed E-state index contributed by atoms with van der Waals surface area (Å²) in [7, 11) is 0. The van der Waals surface area contributed by atoms with Crippen molar-refractivity contribution in [3.63, 3.8) is 0 Å². The molecule has 90 valence electrons. The molecule has 0 aliphatic heterocycles. The van der Waals surface area contributed by atoms with Crippen LogP contribution in [0.5, 0.6) is 0 Å². The average molecular weight is 241 g/mol. The van der Waals surface area contributed by atoms with E-state index in [0.717, 1.165) is 6.42 Å². The van der Waals surface area contributed by atoms with Crippen LogP contribution in [0.25, 0.3) is 0 Å². The minimum atomic E-state index is -0.529. The molecule has 16 heavy (non-hydrogen) atoms. The first-order valence-corrected chi connectivity index (χ1v) is 6.32. The van der Waals surface area contributed by atoms with Gasteiger partial charge in [0.05, 0.1) is 0 Å². The van der Waals surface area contributed by atoms with Crippen molar-refractivity contribution in [1.82, 2.24) is 0 Å². The summed E-state index contributed by atoms with van der Waals surface area (Å²) in [4.78, 5) is 11.6. The second-order valence-electron chi connectivity index (χ2n) is 4.81. The molecule has 0 fully saturated rings. The molecular formula is C12H19NO2S. The van der Waals surface area contributed by atoms with E-state index in [4.69, 9.17) is 10.5 Å². The lowest BCUT2D eigenvalue weighted by molar-refractivity contribution is -0.156. The third-order valence-corrected chi connectivity index (χ3v) is 2.77. The molecule has 0 amide bonds. The zero-order chi connectivity index (χ0) is 12.2. The quantitative estimate of drug-likeness (QED) is 0.823. The van der Waals surface area contributed by atoms with Gasteiger partial charge in [0.25, 0.3) is 0 Å². The minimum absolute atomic E-state index is 0.317. The van der Waals surface area contributed by atoms with Gasteiger partial charge in [0.1, 0.15) is 11.6 Å². The molecule has 1 rings (SSSR count). The maximum Gasteiger partial charge on any atom is 0.323 e. The fourth-order valence-electron chi connectivity index (χ4n) is 1.25. The summed E-state index contributed by atoms with van der Waals surface area (Å²) in [5, 5.41) is 4.09. The summed E-state index contributed by atoms with van der Waals surface area (Å²) < 4.78 is 5.21. The Morgan fingerprint density at radius 2 is 2.25 bits per heavy atom. The summed E-state index contributed by atoms with van der Waals surface area (Å²) in [6.07, 6.45) is 1.45.